The Hall–Kier alpha value is -1.22. The van der Waals surface area contributed by atoms with Crippen LogP contribution in [0, 0.1) is 6.92 Å². The minimum atomic E-state index is -0.242. The van der Waals surface area contributed by atoms with Gasteiger partial charge >= 0.3 is 0 Å². The highest BCUT2D eigenvalue weighted by Crippen LogP contribution is 2.35. The number of ether oxygens (including phenoxy) is 1. The van der Waals surface area contributed by atoms with Crippen molar-refractivity contribution in [2.45, 2.75) is 33.1 Å². The van der Waals surface area contributed by atoms with E-state index in [1.165, 1.54) is 6.92 Å². The average molecular weight is 270 g/mol. The van der Waals surface area contributed by atoms with Gasteiger partial charge in [-0.25, -0.2) is 0 Å². The van der Waals surface area contributed by atoms with Gasteiger partial charge in [-0.2, -0.15) is 0 Å². The SMILES string of the molecule is COc1cc(C)c(Cl)cc1C(C)(C)CNC(C)=O. The highest BCUT2D eigenvalue weighted by molar-refractivity contribution is 6.31. The normalized spacial score (nSPS) is 11.2. The van der Waals surface area contributed by atoms with Crippen LogP contribution in [0.2, 0.25) is 5.02 Å². The first-order chi connectivity index (χ1) is 8.27. The number of carbonyl (C=O) groups is 1. The second-order valence-electron chi connectivity index (χ2n) is 5.10. The van der Waals surface area contributed by atoms with Crippen LogP contribution in [-0.2, 0) is 10.2 Å². The van der Waals surface area contributed by atoms with Crippen LogP contribution < -0.4 is 10.1 Å². The van der Waals surface area contributed by atoms with E-state index in [2.05, 4.69) is 5.32 Å². The van der Waals surface area contributed by atoms with Gasteiger partial charge in [-0.1, -0.05) is 25.4 Å². The Bertz CT molecular complexity index is 455. The summed E-state index contributed by atoms with van der Waals surface area (Å²) in [6.45, 7) is 8.09. The Morgan fingerprint density at radius 3 is 2.56 bits per heavy atom. The summed E-state index contributed by atoms with van der Waals surface area (Å²) < 4.78 is 5.40. The molecule has 0 bridgehead atoms. The van der Waals surface area contributed by atoms with E-state index in [4.69, 9.17) is 16.3 Å². The lowest BCUT2D eigenvalue weighted by Crippen LogP contribution is -2.35. The number of amides is 1. The van der Waals surface area contributed by atoms with Crippen molar-refractivity contribution in [1.82, 2.24) is 5.32 Å². The number of halogens is 1. The first-order valence-corrected chi connectivity index (χ1v) is 6.25. The molecule has 1 aromatic rings. The monoisotopic (exact) mass is 269 g/mol. The molecular weight excluding hydrogens is 250 g/mol. The standard InChI is InChI=1S/C14H20ClNO2/c1-9-6-13(18-5)11(7-12(9)15)14(3,4)8-16-10(2)17/h6-7H,8H2,1-5H3,(H,16,17). The van der Waals surface area contributed by atoms with E-state index in [1.807, 2.05) is 32.9 Å². The van der Waals surface area contributed by atoms with Crippen molar-refractivity contribution < 1.29 is 9.53 Å². The zero-order valence-electron chi connectivity index (χ0n) is 11.6. The number of hydrogen-bond acceptors (Lipinski definition) is 2. The number of carbonyl (C=O) groups excluding carboxylic acids is 1. The summed E-state index contributed by atoms with van der Waals surface area (Å²) in [5, 5.41) is 3.54. The van der Waals surface area contributed by atoms with E-state index in [9.17, 15) is 4.79 Å². The number of benzene rings is 1. The molecule has 100 valence electrons. The van der Waals surface area contributed by atoms with Crippen LogP contribution in [0.1, 0.15) is 31.9 Å². The molecule has 0 saturated carbocycles. The summed E-state index contributed by atoms with van der Waals surface area (Å²) in [6, 6.07) is 3.84. The van der Waals surface area contributed by atoms with Crippen molar-refractivity contribution in [1.29, 1.82) is 0 Å². The van der Waals surface area contributed by atoms with Gasteiger partial charge in [0.1, 0.15) is 5.75 Å². The molecule has 0 aliphatic carbocycles. The maximum absolute atomic E-state index is 11.0. The molecule has 1 amide bonds. The van der Waals surface area contributed by atoms with Gasteiger partial charge < -0.3 is 10.1 Å². The molecule has 1 N–H and O–H groups in total. The Morgan fingerprint density at radius 1 is 1.44 bits per heavy atom. The molecule has 18 heavy (non-hydrogen) atoms. The molecule has 3 nitrogen and oxygen atoms in total. The third-order valence-corrected chi connectivity index (χ3v) is 3.40. The minimum Gasteiger partial charge on any atom is -0.496 e. The summed E-state index contributed by atoms with van der Waals surface area (Å²) >= 11 is 6.17. The molecule has 0 spiro atoms. The summed E-state index contributed by atoms with van der Waals surface area (Å²) in [5.74, 6) is 0.757. The van der Waals surface area contributed by atoms with Crippen molar-refractivity contribution in [2.75, 3.05) is 13.7 Å². The minimum absolute atomic E-state index is 0.0414. The van der Waals surface area contributed by atoms with Crippen LogP contribution >= 0.6 is 11.6 Å². The number of hydrogen-bond donors (Lipinski definition) is 1. The molecule has 0 heterocycles. The number of nitrogens with one attached hydrogen (secondary N) is 1. The van der Waals surface area contributed by atoms with Gasteiger partial charge in [0.2, 0.25) is 5.91 Å². The predicted molar refractivity (Wildman–Crippen MR) is 74.5 cm³/mol. The first-order valence-electron chi connectivity index (χ1n) is 5.87. The fourth-order valence-electron chi connectivity index (χ4n) is 1.79. The van der Waals surface area contributed by atoms with Gasteiger partial charge in [-0.05, 0) is 24.6 Å². The molecule has 0 aromatic heterocycles. The second kappa shape index (κ2) is 5.61. The number of methoxy groups -OCH3 is 1. The van der Waals surface area contributed by atoms with Crippen LogP contribution in [0.25, 0.3) is 0 Å². The molecule has 0 aliphatic heterocycles. The largest absolute Gasteiger partial charge is 0.496 e. The van der Waals surface area contributed by atoms with E-state index in [0.717, 1.165) is 16.9 Å². The van der Waals surface area contributed by atoms with Gasteiger partial charge in [-0.3, -0.25) is 4.79 Å². The number of aryl methyl sites for hydroxylation is 1. The van der Waals surface area contributed by atoms with E-state index in [-0.39, 0.29) is 11.3 Å². The maximum atomic E-state index is 11.0. The molecule has 1 rings (SSSR count). The van der Waals surface area contributed by atoms with Crippen LogP contribution in [-0.4, -0.2) is 19.6 Å². The summed E-state index contributed by atoms with van der Waals surface area (Å²) in [7, 11) is 1.64. The zero-order chi connectivity index (χ0) is 13.9. The van der Waals surface area contributed by atoms with Crippen molar-refractivity contribution in [3.05, 3.63) is 28.3 Å². The van der Waals surface area contributed by atoms with Gasteiger partial charge in [0.15, 0.2) is 0 Å². The lowest BCUT2D eigenvalue weighted by atomic mass is 9.83. The highest BCUT2D eigenvalue weighted by atomic mass is 35.5. The van der Waals surface area contributed by atoms with Crippen molar-refractivity contribution >= 4 is 17.5 Å². The molecular formula is C14H20ClNO2. The first kappa shape index (κ1) is 14.8. The maximum Gasteiger partial charge on any atom is 0.216 e. The average Bonchev–Trinajstić information content (AvgIpc) is 2.29. The van der Waals surface area contributed by atoms with Crippen LogP contribution in [0.3, 0.4) is 0 Å². The third kappa shape index (κ3) is 3.39. The summed E-state index contributed by atoms with van der Waals surface area (Å²) in [6.07, 6.45) is 0. The Balaban J connectivity index is 3.13. The zero-order valence-corrected chi connectivity index (χ0v) is 12.3. The summed E-state index contributed by atoms with van der Waals surface area (Å²) in [5.41, 5.74) is 1.73. The lowest BCUT2D eigenvalue weighted by Gasteiger charge is -2.28. The molecule has 0 saturated heterocycles. The van der Waals surface area contributed by atoms with E-state index >= 15 is 0 Å². The summed E-state index contributed by atoms with van der Waals surface area (Å²) in [4.78, 5) is 11.0. The molecule has 0 radical (unpaired) electrons. The molecule has 1 aromatic carbocycles. The fraction of sp³-hybridized carbons (Fsp3) is 0.500. The van der Waals surface area contributed by atoms with Crippen molar-refractivity contribution in [2.24, 2.45) is 0 Å². The van der Waals surface area contributed by atoms with E-state index < -0.39 is 0 Å². The van der Waals surface area contributed by atoms with Gasteiger partial charge in [0.05, 0.1) is 7.11 Å². The molecule has 4 heteroatoms. The Kier molecular flexibility index (Phi) is 4.63. The van der Waals surface area contributed by atoms with Crippen LogP contribution in [0.15, 0.2) is 12.1 Å². The van der Waals surface area contributed by atoms with Crippen molar-refractivity contribution in [3.63, 3.8) is 0 Å². The van der Waals surface area contributed by atoms with E-state index in [1.54, 1.807) is 7.11 Å². The molecule has 0 unspecified atom stereocenters. The topological polar surface area (TPSA) is 38.3 Å². The molecule has 0 atom stereocenters. The van der Waals surface area contributed by atoms with Crippen molar-refractivity contribution in [3.8, 4) is 5.75 Å². The molecule has 0 aliphatic rings. The lowest BCUT2D eigenvalue weighted by molar-refractivity contribution is -0.119. The predicted octanol–water partition coefficient (Wildman–Crippen LogP) is 3.07. The van der Waals surface area contributed by atoms with Gasteiger partial charge in [0.25, 0.3) is 0 Å². The second-order valence-corrected chi connectivity index (χ2v) is 5.50. The van der Waals surface area contributed by atoms with Crippen LogP contribution in [0.4, 0.5) is 0 Å². The Morgan fingerprint density at radius 2 is 2.06 bits per heavy atom. The number of rotatable bonds is 4. The third-order valence-electron chi connectivity index (χ3n) is 2.99. The highest BCUT2D eigenvalue weighted by Gasteiger charge is 2.25. The Labute approximate surface area is 113 Å². The van der Waals surface area contributed by atoms with Gasteiger partial charge in [0, 0.05) is 29.5 Å². The smallest absolute Gasteiger partial charge is 0.216 e. The van der Waals surface area contributed by atoms with Gasteiger partial charge in [-0.15, -0.1) is 0 Å². The quantitative estimate of drug-likeness (QED) is 0.912. The molecule has 0 fully saturated rings. The van der Waals surface area contributed by atoms with E-state index in [0.29, 0.717) is 11.6 Å². The fourth-order valence-corrected chi connectivity index (χ4v) is 1.96. The van der Waals surface area contributed by atoms with Crippen LogP contribution in [0.5, 0.6) is 5.75 Å².